The van der Waals surface area contributed by atoms with Crippen LogP contribution in [0.2, 0.25) is 8.35 Å². The van der Waals surface area contributed by atoms with Gasteiger partial charge in [0, 0.05) is 0 Å². The van der Waals surface area contributed by atoms with Crippen molar-refractivity contribution in [2.45, 2.75) is 36.0 Å². The van der Waals surface area contributed by atoms with Crippen LogP contribution in [0.15, 0.2) is 83.9 Å². The minimum absolute atomic E-state index is 0. The van der Waals surface area contributed by atoms with Crippen molar-refractivity contribution in [3.63, 3.8) is 0 Å². The summed E-state index contributed by atoms with van der Waals surface area (Å²) in [4.78, 5) is 0. The fraction of sp³-hybridized carbons (Fsp3) is 0.226. The van der Waals surface area contributed by atoms with E-state index in [1.165, 1.54) is 47.4 Å². The van der Waals surface area contributed by atoms with Gasteiger partial charge in [-0.25, -0.2) is 0 Å². The summed E-state index contributed by atoms with van der Waals surface area (Å²) in [5.74, 6) is 0. The van der Waals surface area contributed by atoms with Gasteiger partial charge < -0.3 is 0 Å². The van der Waals surface area contributed by atoms with Gasteiger partial charge in [0.1, 0.15) is 0 Å². The van der Waals surface area contributed by atoms with Crippen molar-refractivity contribution in [3.8, 4) is 0 Å². The second-order valence-electron chi connectivity index (χ2n) is 10.3. The number of halogens is 2. The van der Waals surface area contributed by atoms with Crippen LogP contribution in [0.5, 0.6) is 0 Å². The maximum absolute atomic E-state index is 2.76. The summed E-state index contributed by atoms with van der Waals surface area (Å²) in [7, 11) is 0. The van der Waals surface area contributed by atoms with E-state index in [2.05, 4.69) is 98.8 Å². The molecule has 0 bridgehead atoms. The maximum Gasteiger partial charge on any atom is -0.147 e. The Morgan fingerprint density at radius 1 is 0.588 bits per heavy atom. The van der Waals surface area contributed by atoms with Gasteiger partial charge >= 0.3 is 196 Å². The first-order valence-corrected chi connectivity index (χ1v) is 21.3. The van der Waals surface area contributed by atoms with Gasteiger partial charge in [0.15, 0.2) is 0 Å². The van der Waals surface area contributed by atoms with Crippen LogP contribution in [0, 0.1) is 0 Å². The molecule has 0 radical (unpaired) electrons. The Bertz CT molecular complexity index is 1380. The van der Waals surface area contributed by atoms with E-state index in [4.69, 9.17) is 0 Å². The molecule has 0 amide bonds. The van der Waals surface area contributed by atoms with Gasteiger partial charge in [-0.1, -0.05) is 0 Å². The zero-order chi connectivity index (χ0) is 21.4. The summed E-state index contributed by atoms with van der Waals surface area (Å²) in [6.45, 7) is 4.88. The number of fused-ring (bicyclic) bond motifs is 6. The Morgan fingerprint density at radius 3 is 1.44 bits per heavy atom. The number of hydrogen-bond acceptors (Lipinski definition) is 0. The number of rotatable bonds is 2. The molecular weight excluding hydrogens is 622 g/mol. The van der Waals surface area contributed by atoms with Crippen molar-refractivity contribution < 1.29 is 20.0 Å². The minimum atomic E-state index is -2.76. The summed E-state index contributed by atoms with van der Waals surface area (Å²) in [6.07, 6.45) is 6.55. The molecule has 0 N–H and O–H groups in total. The van der Waals surface area contributed by atoms with Crippen molar-refractivity contribution in [2.75, 3.05) is 0 Å². The van der Waals surface area contributed by atoms with Crippen LogP contribution in [0.25, 0.3) is 33.7 Å². The molecule has 0 spiro atoms. The van der Waals surface area contributed by atoms with Gasteiger partial charge in [-0.05, 0) is 0 Å². The van der Waals surface area contributed by atoms with Crippen molar-refractivity contribution >= 4 is 58.5 Å². The van der Waals surface area contributed by atoms with Gasteiger partial charge in [-0.2, -0.15) is 0 Å². The Hall–Kier alpha value is -1.67. The normalized spacial score (nSPS) is 21.6. The molecule has 4 aromatic carbocycles. The van der Waals surface area contributed by atoms with Crippen LogP contribution in [-0.2, 0) is 20.0 Å². The Balaban J connectivity index is 0.00000120. The van der Waals surface area contributed by atoms with Crippen molar-refractivity contribution in [2.24, 2.45) is 0 Å². The first kappa shape index (κ1) is 24.0. The van der Waals surface area contributed by atoms with E-state index in [0.29, 0.717) is 0 Å². The van der Waals surface area contributed by atoms with E-state index in [0.717, 1.165) is 7.35 Å². The number of allylic oxidation sites excluding steroid dienone is 2. The third-order valence-electron chi connectivity index (χ3n) is 8.72. The predicted octanol–water partition coefficient (Wildman–Crippen LogP) is 9.85. The largest absolute Gasteiger partial charge is 0.147 e. The number of benzene rings is 4. The van der Waals surface area contributed by atoms with Gasteiger partial charge in [0.25, 0.3) is 0 Å². The molecule has 7 rings (SSSR count). The summed E-state index contributed by atoms with van der Waals surface area (Å²) in [5, 5.41) is 5.65. The van der Waals surface area contributed by atoms with E-state index in [1.807, 2.05) is 0 Å². The molecule has 0 nitrogen and oxygen atoms in total. The van der Waals surface area contributed by atoms with E-state index in [1.54, 1.807) is 22.3 Å². The fourth-order valence-electron chi connectivity index (χ4n) is 7.42. The van der Waals surface area contributed by atoms with Crippen molar-refractivity contribution in [1.82, 2.24) is 0 Å². The molecule has 34 heavy (non-hydrogen) atoms. The molecule has 0 saturated carbocycles. The number of hydrogen-bond donors (Lipinski definition) is 0. The Labute approximate surface area is 219 Å². The maximum atomic E-state index is 2.55. The first-order valence-electron chi connectivity index (χ1n) is 12.1. The van der Waals surface area contributed by atoms with Crippen molar-refractivity contribution in [3.05, 3.63) is 106 Å². The molecule has 1 aliphatic heterocycles. The molecule has 4 aromatic rings. The smallest absolute Gasteiger partial charge is 0.147 e. The van der Waals surface area contributed by atoms with Crippen LogP contribution in [0.3, 0.4) is 0 Å². The molecular formula is C31H30Cl2Hf. The average Bonchev–Trinajstić information content (AvgIpc) is 3.31. The van der Waals surface area contributed by atoms with Crippen LogP contribution in [0.4, 0.5) is 0 Å². The van der Waals surface area contributed by atoms with Gasteiger partial charge in [0.2, 0.25) is 0 Å². The van der Waals surface area contributed by atoms with Crippen molar-refractivity contribution in [1.29, 1.82) is 0 Å². The topological polar surface area (TPSA) is 0 Å². The standard InChI is InChI=1S/2C14H11.C3H6.2ClH.Hf/c2*1-10-8-12-7-6-11-4-2-3-5-13(11)14(12)9-10;1-3-2;;;/h2*2-9H,1H3;1-3H2;2*1H;. The summed E-state index contributed by atoms with van der Waals surface area (Å²) in [5.41, 5.74) is 9.67. The molecule has 1 heterocycles. The van der Waals surface area contributed by atoms with Crippen LogP contribution >= 0.6 is 24.8 Å². The second kappa shape index (κ2) is 8.77. The zero-order valence-electron chi connectivity index (χ0n) is 19.7. The van der Waals surface area contributed by atoms with Gasteiger partial charge in [0.05, 0.1) is 0 Å². The van der Waals surface area contributed by atoms with E-state index < -0.39 is 20.0 Å². The van der Waals surface area contributed by atoms with E-state index in [-0.39, 0.29) is 24.8 Å². The van der Waals surface area contributed by atoms with E-state index in [9.17, 15) is 0 Å². The quantitative estimate of drug-likeness (QED) is 0.189. The van der Waals surface area contributed by atoms with Gasteiger partial charge in [-0.15, -0.1) is 24.8 Å². The third kappa shape index (κ3) is 3.20. The SMILES string of the molecule is CC1=Cc2c(ccc3ccccc23)[CH]1[Hf]1([CH]2C(C)=Cc3c2ccc2ccccc32)[CH2]C[CH2]1.Cl.Cl. The Morgan fingerprint density at radius 2 is 1.03 bits per heavy atom. The molecule has 3 heteroatoms. The van der Waals surface area contributed by atoms with E-state index >= 15 is 0 Å². The molecule has 1 saturated heterocycles. The van der Waals surface area contributed by atoms with Crippen LogP contribution in [0.1, 0.15) is 49.9 Å². The molecule has 172 valence electrons. The fourth-order valence-corrected chi connectivity index (χ4v) is 30.3. The predicted molar refractivity (Wildman–Crippen MR) is 149 cm³/mol. The first-order chi connectivity index (χ1) is 15.7. The minimum Gasteiger partial charge on any atom is -0.147 e. The molecule has 3 aliphatic rings. The second-order valence-corrected chi connectivity index (χ2v) is 26.9. The molecule has 1 fully saturated rings. The summed E-state index contributed by atoms with van der Waals surface area (Å²) >= 11 is -2.76. The molecule has 2 aliphatic carbocycles. The Kier molecular flexibility index (Phi) is 6.20. The average molecular weight is 652 g/mol. The molecule has 2 unspecified atom stereocenters. The molecule has 0 aromatic heterocycles. The third-order valence-corrected chi connectivity index (χ3v) is 31.7. The summed E-state index contributed by atoms with van der Waals surface area (Å²) in [6, 6.07) is 27.7. The van der Waals surface area contributed by atoms with Gasteiger partial charge in [-0.3, -0.25) is 0 Å². The van der Waals surface area contributed by atoms with Crippen LogP contribution in [-0.4, -0.2) is 0 Å². The zero-order valence-corrected chi connectivity index (χ0v) is 24.9. The summed E-state index contributed by atoms with van der Waals surface area (Å²) < 4.78 is 4.55. The molecule has 2 atom stereocenters. The van der Waals surface area contributed by atoms with Crippen LogP contribution < -0.4 is 0 Å². The monoisotopic (exact) mass is 652 g/mol.